The average Bonchev–Trinajstić information content (AvgIpc) is 2.74. The Morgan fingerprint density at radius 1 is 0.800 bits per heavy atom. The Morgan fingerprint density at radius 2 is 1.30 bits per heavy atom. The predicted octanol–water partition coefficient (Wildman–Crippen LogP) is 4.03. The lowest BCUT2D eigenvalue weighted by atomic mass is 9.91. The topological polar surface area (TPSA) is 79.5 Å². The third kappa shape index (κ3) is 7.43. The van der Waals surface area contributed by atoms with Gasteiger partial charge in [0.2, 0.25) is 5.91 Å². The molecule has 0 atom stereocenters. The highest BCUT2D eigenvalue weighted by Gasteiger charge is 2.23. The Labute approximate surface area is 186 Å². The number of hydrogen-bond acceptors (Lipinski definition) is 4. The molecule has 0 aromatic heterocycles. The number of rotatable bonds is 8. The highest BCUT2D eigenvalue weighted by Crippen LogP contribution is 2.19. The van der Waals surface area contributed by atoms with E-state index >= 15 is 0 Å². The second-order valence-electron chi connectivity index (χ2n) is 7.29. The van der Waals surface area contributed by atoms with E-state index in [2.05, 4.69) is 16.0 Å². The molecule has 0 unspecified atom stereocenters. The molecule has 1 saturated carbocycles. The molecule has 0 heterocycles. The fourth-order valence-corrected chi connectivity index (χ4v) is 3.61. The molecule has 3 rings (SSSR count). The van der Waals surface area contributed by atoms with Crippen LogP contribution in [0.25, 0.3) is 0 Å². The van der Waals surface area contributed by atoms with E-state index in [4.69, 9.17) is 27.9 Å². The van der Waals surface area contributed by atoms with Gasteiger partial charge in [-0.2, -0.15) is 0 Å². The molecule has 1 fully saturated rings. The average molecular weight is 450 g/mol. The molecule has 2 aromatic rings. The second kappa shape index (κ2) is 11.1. The Hall–Kier alpha value is -2.44. The number of ether oxygens (including phenoxy) is 1. The molecule has 1 aliphatic rings. The monoisotopic (exact) mass is 449 g/mol. The van der Waals surface area contributed by atoms with Crippen LogP contribution in [0.15, 0.2) is 48.5 Å². The lowest BCUT2D eigenvalue weighted by Gasteiger charge is -2.29. The van der Waals surface area contributed by atoms with Crippen LogP contribution < -0.4 is 20.7 Å². The fraction of sp³-hybridized carbons (Fsp3) is 0.364. The van der Waals surface area contributed by atoms with Crippen LogP contribution in [0, 0.1) is 0 Å². The minimum atomic E-state index is -0.149. The van der Waals surface area contributed by atoms with E-state index in [0.29, 0.717) is 15.8 Å². The van der Waals surface area contributed by atoms with Gasteiger partial charge in [-0.15, -0.1) is 0 Å². The maximum atomic E-state index is 12.2. The maximum Gasteiger partial charge on any atom is 0.258 e. The van der Waals surface area contributed by atoms with Gasteiger partial charge >= 0.3 is 0 Å². The van der Waals surface area contributed by atoms with Gasteiger partial charge in [-0.3, -0.25) is 9.59 Å². The predicted molar refractivity (Wildman–Crippen MR) is 119 cm³/mol. The number of nitrogens with one attached hydrogen (secondary N) is 3. The Morgan fingerprint density at radius 3 is 1.87 bits per heavy atom. The summed E-state index contributed by atoms with van der Waals surface area (Å²) in [6.45, 7) is 0.176. The SMILES string of the molecule is O=C(CNc1ccc(Cl)cc1)N[C@H]1CC[C@H](NC(=O)COc2ccc(Cl)cc2)CC1. The highest BCUT2D eigenvalue weighted by molar-refractivity contribution is 6.30. The van der Waals surface area contributed by atoms with Crippen molar-refractivity contribution in [2.24, 2.45) is 0 Å². The van der Waals surface area contributed by atoms with E-state index in [-0.39, 0.29) is 37.0 Å². The molecule has 0 saturated heterocycles. The number of hydrogen-bond donors (Lipinski definition) is 3. The summed E-state index contributed by atoms with van der Waals surface area (Å²) < 4.78 is 5.47. The van der Waals surface area contributed by atoms with Crippen LogP contribution in [0.1, 0.15) is 25.7 Å². The van der Waals surface area contributed by atoms with Crippen LogP contribution in [0.3, 0.4) is 0 Å². The second-order valence-corrected chi connectivity index (χ2v) is 8.16. The first-order valence-electron chi connectivity index (χ1n) is 9.94. The van der Waals surface area contributed by atoms with E-state index in [1.54, 1.807) is 36.4 Å². The lowest BCUT2D eigenvalue weighted by Crippen LogP contribution is -2.45. The van der Waals surface area contributed by atoms with E-state index in [1.165, 1.54) is 0 Å². The number of benzene rings is 2. The molecule has 8 heteroatoms. The minimum absolute atomic E-state index is 0.0331. The number of halogens is 2. The maximum absolute atomic E-state index is 12.2. The number of carbonyl (C=O) groups is 2. The Kier molecular flexibility index (Phi) is 8.22. The van der Waals surface area contributed by atoms with Gasteiger partial charge < -0.3 is 20.7 Å². The number of anilines is 1. The third-order valence-corrected chi connectivity index (χ3v) is 5.44. The van der Waals surface area contributed by atoms with Crippen molar-refractivity contribution in [3.8, 4) is 5.75 Å². The van der Waals surface area contributed by atoms with E-state index in [0.717, 1.165) is 31.4 Å². The first kappa shape index (κ1) is 22.2. The van der Waals surface area contributed by atoms with Crippen molar-refractivity contribution in [2.75, 3.05) is 18.5 Å². The van der Waals surface area contributed by atoms with Gasteiger partial charge in [0.15, 0.2) is 6.61 Å². The van der Waals surface area contributed by atoms with Crippen LogP contribution in [0.5, 0.6) is 5.75 Å². The van der Waals surface area contributed by atoms with Crippen LogP contribution in [-0.2, 0) is 9.59 Å². The minimum Gasteiger partial charge on any atom is -0.484 e. The van der Waals surface area contributed by atoms with Crippen molar-refractivity contribution < 1.29 is 14.3 Å². The largest absolute Gasteiger partial charge is 0.484 e. The van der Waals surface area contributed by atoms with Crippen LogP contribution in [0.2, 0.25) is 10.0 Å². The first-order valence-corrected chi connectivity index (χ1v) is 10.7. The van der Waals surface area contributed by atoms with Crippen molar-refractivity contribution in [2.45, 2.75) is 37.8 Å². The molecule has 0 radical (unpaired) electrons. The van der Waals surface area contributed by atoms with Gasteiger partial charge in [0, 0.05) is 27.8 Å². The van der Waals surface area contributed by atoms with Crippen molar-refractivity contribution >= 4 is 40.7 Å². The normalized spacial score (nSPS) is 18.3. The fourth-order valence-electron chi connectivity index (χ4n) is 3.36. The lowest BCUT2D eigenvalue weighted by molar-refractivity contribution is -0.124. The molecular weight excluding hydrogens is 425 g/mol. The Bertz CT molecular complexity index is 764. The van der Waals surface area contributed by atoms with Crippen molar-refractivity contribution in [3.05, 3.63) is 58.6 Å². The highest BCUT2D eigenvalue weighted by atomic mass is 35.5. The first-order chi connectivity index (χ1) is 14.5. The molecule has 1 aliphatic carbocycles. The molecule has 0 bridgehead atoms. The molecule has 0 spiro atoms. The zero-order valence-corrected chi connectivity index (χ0v) is 18.0. The summed E-state index contributed by atoms with van der Waals surface area (Å²) in [6, 6.07) is 14.3. The molecular formula is C22H25Cl2N3O3. The molecule has 3 N–H and O–H groups in total. The summed E-state index contributed by atoms with van der Waals surface area (Å²) in [5.41, 5.74) is 0.849. The van der Waals surface area contributed by atoms with Crippen molar-refractivity contribution in [1.29, 1.82) is 0 Å². The number of carbonyl (C=O) groups excluding carboxylic acids is 2. The summed E-state index contributed by atoms with van der Waals surface area (Å²) in [4.78, 5) is 24.3. The van der Waals surface area contributed by atoms with Crippen molar-refractivity contribution in [1.82, 2.24) is 10.6 Å². The van der Waals surface area contributed by atoms with Gasteiger partial charge in [0.25, 0.3) is 5.91 Å². The quantitative estimate of drug-likeness (QED) is 0.568. The van der Waals surface area contributed by atoms with Crippen molar-refractivity contribution in [3.63, 3.8) is 0 Å². The summed E-state index contributed by atoms with van der Waals surface area (Å²) in [5.74, 6) is 0.409. The summed E-state index contributed by atoms with van der Waals surface area (Å²) in [7, 11) is 0. The third-order valence-electron chi connectivity index (χ3n) is 4.94. The summed E-state index contributed by atoms with van der Waals surface area (Å²) in [5, 5.41) is 10.4. The molecule has 6 nitrogen and oxygen atoms in total. The number of amides is 2. The summed E-state index contributed by atoms with van der Waals surface area (Å²) >= 11 is 11.7. The van der Waals surface area contributed by atoms with Gasteiger partial charge in [0.05, 0.1) is 6.54 Å². The molecule has 0 aliphatic heterocycles. The van der Waals surface area contributed by atoms with E-state index in [9.17, 15) is 9.59 Å². The zero-order valence-electron chi connectivity index (χ0n) is 16.5. The molecule has 2 amide bonds. The molecule has 30 heavy (non-hydrogen) atoms. The van der Waals surface area contributed by atoms with Crippen LogP contribution >= 0.6 is 23.2 Å². The van der Waals surface area contributed by atoms with Gasteiger partial charge in [-0.1, -0.05) is 23.2 Å². The summed E-state index contributed by atoms with van der Waals surface area (Å²) in [6.07, 6.45) is 3.30. The Balaban J connectivity index is 1.31. The van der Waals surface area contributed by atoms with Gasteiger partial charge in [0.1, 0.15) is 5.75 Å². The van der Waals surface area contributed by atoms with Gasteiger partial charge in [-0.25, -0.2) is 0 Å². The van der Waals surface area contributed by atoms with E-state index in [1.807, 2.05) is 12.1 Å². The standard InChI is InChI=1S/C22H25Cl2N3O3/c23-15-1-5-17(6-2-15)25-13-21(28)26-18-7-9-19(10-8-18)27-22(29)14-30-20-11-3-16(24)4-12-20/h1-6,11-12,18-19,25H,7-10,13-14H2,(H,26,28)(H,27,29)/t18-,19-. The van der Waals surface area contributed by atoms with Crippen LogP contribution in [-0.4, -0.2) is 37.0 Å². The van der Waals surface area contributed by atoms with E-state index < -0.39 is 0 Å². The molecule has 160 valence electrons. The van der Waals surface area contributed by atoms with Gasteiger partial charge in [-0.05, 0) is 74.2 Å². The van der Waals surface area contributed by atoms with Crippen LogP contribution in [0.4, 0.5) is 5.69 Å². The smallest absolute Gasteiger partial charge is 0.258 e. The molecule has 2 aromatic carbocycles. The zero-order chi connectivity index (χ0) is 21.3.